The lowest BCUT2D eigenvalue weighted by Crippen LogP contribution is -2.41. The average Bonchev–Trinajstić information content (AvgIpc) is 3.23. The summed E-state index contributed by atoms with van der Waals surface area (Å²) in [4.78, 5) is 15.0. The van der Waals surface area contributed by atoms with Gasteiger partial charge in [0.05, 0.1) is 12.1 Å². The molecule has 2 saturated heterocycles. The van der Waals surface area contributed by atoms with E-state index in [2.05, 4.69) is 10.9 Å². The Labute approximate surface area is 165 Å². The quantitative estimate of drug-likeness (QED) is 0.638. The molecule has 6 nitrogen and oxygen atoms in total. The minimum Gasteiger partial charge on any atom is -0.507 e. The second-order valence-corrected chi connectivity index (χ2v) is 7.81. The molecule has 148 valence electrons. The maximum absolute atomic E-state index is 13.2. The molecule has 2 aromatic rings. The molecule has 0 spiro atoms. The van der Waals surface area contributed by atoms with Crippen LogP contribution in [0.15, 0.2) is 42.5 Å². The standard InChI is InChI=1S/C22H27N3O3/c1-13-11-14(2)21(27)16(12-13)18-17-19(24-23-18)22(28)25(9-6-10-26)20(17)15-7-4-3-5-8-15/h3-5,7-8,11-12,17-20,23-24,26-27H,6,9-10H2,1-2H3. The van der Waals surface area contributed by atoms with Gasteiger partial charge < -0.3 is 15.1 Å². The minimum absolute atomic E-state index is 0.0335. The third-order valence-corrected chi connectivity index (χ3v) is 5.92. The number of fused-ring (bicyclic) bond motifs is 1. The number of amides is 1. The first-order chi connectivity index (χ1) is 13.5. The van der Waals surface area contributed by atoms with Gasteiger partial charge in [-0.15, -0.1) is 0 Å². The van der Waals surface area contributed by atoms with Crippen LogP contribution in [0.1, 0.15) is 40.8 Å². The first-order valence-corrected chi connectivity index (χ1v) is 9.80. The first-order valence-electron chi connectivity index (χ1n) is 9.80. The van der Waals surface area contributed by atoms with Crippen LogP contribution in [-0.2, 0) is 4.79 Å². The molecule has 0 aliphatic carbocycles. The van der Waals surface area contributed by atoms with Gasteiger partial charge in [-0.25, -0.2) is 10.9 Å². The van der Waals surface area contributed by atoms with E-state index in [1.807, 2.05) is 61.2 Å². The minimum atomic E-state index is -0.367. The van der Waals surface area contributed by atoms with Gasteiger partial charge in [0.1, 0.15) is 11.8 Å². The van der Waals surface area contributed by atoms with Crippen molar-refractivity contribution in [3.63, 3.8) is 0 Å². The summed E-state index contributed by atoms with van der Waals surface area (Å²) in [6, 6.07) is 13.3. The highest BCUT2D eigenvalue weighted by Gasteiger charge is 2.55. The Morgan fingerprint density at radius 2 is 1.79 bits per heavy atom. The fraction of sp³-hybridized carbons (Fsp3) is 0.409. The molecular formula is C22H27N3O3. The van der Waals surface area contributed by atoms with E-state index in [1.165, 1.54) is 0 Å². The van der Waals surface area contributed by atoms with Crippen LogP contribution in [0.5, 0.6) is 5.75 Å². The molecule has 0 saturated carbocycles. The first kappa shape index (κ1) is 18.9. The summed E-state index contributed by atoms with van der Waals surface area (Å²) in [5.74, 6) is 0.241. The molecule has 4 N–H and O–H groups in total. The van der Waals surface area contributed by atoms with Crippen LogP contribution >= 0.6 is 0 Å². The Morgan fingerprint density at radius 1 is 1.07 bits per heavy atom. The molecule has 0 bridgehead atoms. The highest BCUT2D eigenvalue weighted by atomic mass is 16.3. The topological polar surface area (TPSA) is 84.8 Å². The number of carbonyl (C=O) groups excluding carboxylic acids is 1. The maximum atomic E-state index is 13.2. The van der Waals surface area contributed by atoms with Crippen LogP contribution in [-0.4, -0.2) is 40.2 Å². The summed E-state index contributed by atoms with van der Waals surface area (Å²) in [6.07, 6.45) is 0.543. The van der Waals surface area contributed by atoms with Crippen molar-refractivity contribution in [2.24, 2.45) is 5.92 Å². The van der Waals surface area contributed by atoms with E-state index in [4.69, 9.17) is 0 Å². The van der Waals surface area contributed by atoms with Crippen molar-refractivity contribution in [3.8, 4) is 5.75 Å². The van der Waals surface area contributed by atoms with Gasteiger partial charge in [-0.05, 0) is 31.4 Å². The smallest absolute Gasteiger partial charge is 0.242 e. The summed E-state index contributed by atoms with van der Waals surface area (Å²) >= 11 is 0. The lowest BCUT2D eigenvalue weighted by atomic mass is 9.82. The van der Waals surface area contributed by atoms with Crippen LogP contribution in [0.3, 0.4) is 0 Å². The van der Waals surface area contributed by atoms with Crippen molar-refractivity contribution in [2.75, 3.05) is 13.2 Å². The van der Waals surface area contributed by atoms with E-state index in [0.717, 1.165) is 22.3 Å². The number of rotatable bonds is 5. The largest absolute Gasteiger partial charge is 0.507 e. The normalized spacial score (nSPS) is 26.7. The molecule has 1 amide bonds. The van der Waals surface area contributed by atoms with Crippen LogP contribution in [0.25, 0.3) is 0 Å². The third kappa shape index (κ3) is 3.07. The lowest BCUT2D eigenvalue weighted by molar-refractivity contribution is -0.130. The van der Waals surface area contributed by atoms with Gasteiger partial charge in [0, 0.05) is 24.6 Å². The number of likely N-dealkylation sites (tertiary alicyclic amines) is 1. The highest BCUT2D eigenvalue weighted by Crippen LogP contribution is 2.49. The Bertz CT molecular complexity index is 871. The van der Waals surface area contributed by atoms with Crippen molar-refractivity contribution in [2.45, 2.75) is 38.4 Å². The number of hydrogen-bond acceptors (Lipinski definition) is 5. The third-order valence-electron chi connectivity index (χ3n) is 5.92. The number of carbonyl (C=O) groups is 1. The summed E-state index contributed by atoms with van der Waals surface area (Å²) in [5.41, 5.74) is 10.2. The zero-order valence-corrected chi connectivity index (χ0v) is 16.2. The zero-order valence-electron chi connectivity index (χ0n) is 16.2. The predicted molar refractivity (Wildman–Crippen MR) is 106 cm³/mol. The van der Waals surface area contributed by atoms with Crippen molar-refractivity contribution in [1.29, 1.82) is 0 Å². The fourth-order valence-electron chi connectivity index (χ4n) is 4.74. The Kier molecular flexibility index (Phi) is 5.10. The predicted octanol–water partition coefficient (Wildman–Crippen LogP) is 2.11. The van der Waals surface area contributed by atoms with E-state index in [9.17, 15) is 15.0 Å². The van der Waals surface area contributed by atoms with E-state index in [0.29, 0.717) is 13.0 Å². The Morgan fingerprint density at radius 3 is 2.50 bits per heavy atom. The molecule has 4 rings (SSSR count). The second kappa shape index (κ2) is 7.54. The number of benzene rings is 2. The van der Waals surface area contributed by atoms with E-state index in [-0.39, 0.29) is 42.3 Å². The van der Waals surface area contributed by atoms with Gasteiger partial charge >= 0.3 is 0 Å². The average molecular weight is 381 g/mol. The van der Waals surface area contributed by atoms with Crippen LogP contribution < -0.4 is 10.9 Å². The fourth-order valence-corrected chi connectivity index (χ4v) is 4.74. The number of hydrogen-bond donors (Lipinski definition) is 4. The second-order valence-electron chi connectivity index (χ2n) is 7.81. The molecular weight excluding hydrogens is 354 g/mol. The van der Waals surface area contributed by atoms with E-state index < -0.39 is 0 Å². The van der Waals surface area contributed by atoms with Gasteiger partial charge in [-0.3, -0.25) is 4.79 Å². The number of phenolic OH excluding ortho intramolecular Hbond substituents is 1. The number of aromatic hydroxyl groups is 1. The monoisotopic (exact) mass is 381 g/mol. The van der Waals surface area contributed by atoms with Crippen LogP contribution in [0.2, 0.25) is 0 Å². The number of nitrogens with one attached hydrogen (secondary N) is 2. The number of aliphatic hydroxyl groups excluding tert-OH is 1. The van der Waals surface area contributed by atoms with Gasteiger partial charge in [-0.2, -0.15) is 0 Å². The highest BCUT2D eigenvalue weighted by molar-refractivity contribution is 5.86. The summed E-state index contributed by atoms with van der Waals surface area (Å²) < 4.78 is 0. The van der Waals surface area contributed by atoms with Crippen molar-refractivity contribution in [3.05, 3.63) is 64.7 Å². The Balaban J connectivity index is 1.78. The van der Waals surface area contributed by atoms with E-state index in [1.54, 1.807) is 0 Å². The molecule has 2 heterocycles. The van der Waals surface area contributed by atoms with Gasteiger partial charge in [0.15, 0.2) is 0 Å². The summed E-state index contributed by atoms with van der Waals surface area (Å²) in [6.45, 7) is 4.47. The molecule has 0 radical (unpaired) electrons. The molecule has 4 atom stereocenters. The SMILES string of the molecule is Cc1cc(C)c(O)c(C2NNC3C(=O)N(CCCO)C(c4ccccc4)C32)c1. The molecule has 4 unspecified atom stereocenters. The van der Waals surface area contributed by atoms with Gasteiger partial charge in [0.25, 0.3) is 0 Å². The molecule has 6 heteroatoms. The summed E-state index contributed by atoms with van der Waals surface area (Å²) in [7, 11) is 0. The lowest BCUT2D eigenvalue weighted by Gasteiger charge is -2.31. The van der Waals surface area contributed by atoms with Crippen LogP contribution in [0, 0.1) is 19.8 Å². The number of phenols is 1. The molecule has 2 fully saturated rings. The maximum Gasteiger partial charge on any atom is 0.242 e. The van der Waals surface area contributed by atoms with Crippen molar-refractivity contribution >= 4 is 5.91 Å². The number of nitrogens with zero attached hydrogens (tertiary/aromatic N) is 1. The zero-order chi connectivity index (χ0) is 19.8. The summed E-state index contributed by atoms with van der Waals surface area (Å²) in [5, 5.41) is 20.0. The van der Waals surface area contributed by atoms with Crippen LogP contribution in [0.4, 0.5) is 0 Å². The molecule has 28 heavy (non-hydrogen) atoms. The number of aryl methyl sites for hydroxylation is 2. The van der Waals surface area contributed by atoms with Crippen molar-refractivity contribution in [1.82, 2.24) is 15.8 Å². The van der Waals surface area contributed by atoms with Gasteiger partial charge in [0.2, 0.25) is 5.91 Å². The van der Waals surface area contributed by atoms with Gasteiger partial charge in [-0.1, -0.05) is 48.0 Å². The molecule has 0 aromatic heterocycles. The van der Waals surface area contributed by atoms with Crippen molar-refractivity contribution < 1.29 is 15.0 Å². The Hall–Kier alpha value is -2.41. The molecule has 2 aromatic carbocycles. The number of hydrazine groups is 1. The number of aliphatic hydroxyl groups is 1. The van der Waals surface area contributed by atoms with E-state index >= 15 is 0 Å². The molecule has 2 aliphatic rings. The molecule has 2 aliphatic heterocycles.